The first kappa shape index (κ1) is 12.6. The molecule has 1 aromatic carbocycles. The minimum absolute atomic E-state index is 0.691. The third-order valence-corrected chi connectivity index (χ3v) is 3.86. The Balaban J connectivity index is 2.00. The summed E-state index contributed by atoms with van der Waals surface area (Å²) in [5.74, 6) is 0. The third kappa shape index (κ3) is 3.30. The van der Waals surface area contributed by atoms with Gasteiger partial charge in [0.1, 0.15) is 0 Å². The molecule has 1 heterocycles. The van der Waals surface area contributed by atoms with Gasteiger partial charge in [0.25, 0.3) is 0 Å². The van der Waals surface area contributed by atoms with E-state index in [9.17, 15) is 0 Å². The van der Waals surface area contributed by atoms with Crippen LogP contribution in [-0.4, -0.2) is 48.6 Å². The van der Waals surface area contributed by atoms with Crippen molar-refractivity contribution >= 4 is 0 Å². The van der Waals surface area contributed by atoms with E-state index in [0.29, 0.717) is 6.04 Å². The molecule has 17 heavy (non-hydrogen) atoms. The van der Waals surface area contributed by atoms with E-state index < -0.39 is 0 Å². The number of likely N-dealkylation sites (N-methyl/N-ethyl adjacent to an activating group) is 2. The Hall–Kier alpha value is -0.860. The maximum absolute atomic E-state index is 2.62. The third-order valence-electron chi connectivity index (χ3n) is 3.86. The van der Waals surface area contributed by atoms with Crippen LogP contribution in [-0.2, 0) is 6.42 Å². The van der Waals surface area contributed by atoms with Gasteiger partial charge in [-0.2, -0.15) is 0 Å². The molecule has 0 aliphatic carbocycles. The second-order valence-corrected chi connectivity index (χ2v) is 4.87. The van der Waals surface area contributed by atoms with Crippen molar-refractivity contribution in [1.82, 2.24) is 9.80 Å². The molecule has 2 rings (SSSR count). The van der Waals surface area contributed by atoms with E-state index in [4.69, 9.17) is 0 Å². The molecule has 1 aliphatic rings. The van der Waals surface area contributed by atoms with Crippen LogP contribution < -0.4 is 0 Å². The van der Waals surface area contributed by atoms with Gasteiger partial charge < -0.3 is 4.90 Å². The summed E-state index contributed by atoms with van der Waals surface area (Å²) in [5.41, 5.74) is 1.47. The number of hydrogen-bond donors (Lipinski definition) is 0. The van der Waals surface area contributed by atoms with E-state index >= 15 is 0 Å². The molecular weight excluding hydrogens is 208 g/mol. The van der Waals surface area contributed by atoms with Crippen LogP contribution in [0.15, 0.2) is 30.3 Å². The van der Waals surface area contributed by atoms with Crippen LogP contribution >= 0.6 is 0 Å². The second kappa shape index (κ2) is 6.18. The van der Waals surface area contributed by atoms with Gasteiger partial charge in [-0.25, -0.2) is 0 Å². The summed E-state index contributed by atoms with van der Waals surface area (Å²) in [6, 6.07) is 11.6. The Morgan fingerprint density at radius 2 is 1.82 bits per heavy atom. The van der Waals surface area contributed by atoms with Crippen molar-refractivity contribution in [2.24, 2.45) is 0 Å². The molecule has 2 nitrogen and oxygen atoms in total. The van der Waals surface area contributed by atoms with Crippen molar-refractivity contribution in [2.45, 2.75) is 26.3 Å². The van der Waals surface area contributed by atoms with Crippen molar-refractivity contribution in [2.75, 3.05) is 32.7 Å². The lowest BCUT2D eigenvalue weighted by molar-refractivity contribution is 0.0822. The highest BCUT2D eigenvalue weighted by atomic mass is 15.3. The fourth-order valence-electron chi connectivity index (χ4n) is 2.74. The molecule has 0 bridgehead atoms. The van der Waals surface area contributed by atoms with E-state index in [2.05, 4.69) is 54.0 Å². The first-order chi connectivity index (χ1) is 8.33. The Morgan fingerprint density at radius 1 is 1.06 bits per heavy atom. The summed E-state index contributed by atoms with van der Waals surface area (Å²) in [5, 5.41) is 0. The van der Waals surface area contributed by atoms with Crippen molar-refractivity contribution in [3.8, 4) is 0 Å². The first-order valence-corrected chi connectivity index (χ1v) is 6.83. The van der Waals surface area contributed by atoms with Crippen LogP contribution in [0.1, 0.15) is 19.4 Å². The lowest BCUT2D eigenvalue weighted by Crippen LogP contribution is -2.53. The predicted molar refractivity (Wildman–Crippen MR) is 73.3 cm³/mol. The topological polar surface area (TPSA) is 6.48 Å². The second-order valence-electron chi connectivity index (χ2n) is 4.87. The van der Waals surface area contributed by atoms with Gasteiger partial charge in [-0.15, -0.1) is 0 Å². The first-order valence-electron chi connectivity index (χ1n) is 6.83. The average molecular weight is 232 g/mol. The molecule has 94 valence electrons. The van der Waals surface area contributed by atoms with Crippen LogP contribution in [0.4, 0.5) is 0 Å². The maximum atomic E-state index is 2.62. The Morgan fingerprint density at radius 3 is 2.47 bits per heavy atom. The lowest BCUT2D eigenvalue weighted by Gasteiger charge is -2.40. The highest BCUT2D eigenvalue weighted by Gasteiger charge is 2.24. The quantitative estimate of drug-likeness (QED) is 0.785. The van der Waals surface area contributed by atoms with Crippen LogP contribution in [0, 0.1) is 0 Å². The fraction of sp³-hybridized carbons (Fsp3) is 0.600. The number of hydrogen-bond acceptors (Lipinski definition) is 2. The zero-order valence-electron chi connectivity index (χ0n) is 11.1. The summed E-state index contributed by atoms with van der Waals surface area (Å²) in [6.45, 7) is 10.6. The van der Waals surface area contributed by atoms with Gasteiger partial charge >= 0.3 is 0 Å². The number of nitrogens with zero attached hydrogens (tertiary/aromatic N) is 2. The van der Waals surface area contributed by atoms with Crippen molar-refractivity contribution in [1.29, 1.82) is 0 Å². The SMILES string of the molecule is CCN1CCN(CC)C(Cc2ccccc2)C1. The summed E-state index contributed by atoms with van der Waals surface area (Å²) in [7, 11) is 0. The molecule has 0 spiro atoms. The summed E-state index contributed by atoms with van der Waals surface area (Å²) < 4.78 is 0. The standard InChI is InChI=1S/C15H24N2/c1-3-16-10-11-17(4-2)15(13-16)12-14-8-6-5-7-9-14/h5-9,15H,3-4,10-13H2,1-2H3. The van der Waals surface area contributed by atoms with Crippen LogP contribution in [0.5, 0.6) is 0 Å². The van der Waals surface area contributed by atoms with Crippen LogP contribution in [0.25, 0.3) is 0 Å². The zero-order valence-corrected chi connectivity index (χ0v) is 11.1. The molecule has 2 heteroatoms. The number of rotatable bonds is 4. The van der Waals surface area contributed by atoms with Gasteiger partial charge in [0.05, 0.1) is 0 Å². The van der Waals surface area contributed by atoms with Gasteiger partial charge in [0.15, 0.2) is 0 Å². The maximum Gasteiger partial charge on any atom is 0.0263 e. The van der Waals surface area contributed by atoms with E-state index in [1.54, 1.807) is 0 Å². The minimum atomic E-state index is 0.691. The normalized spacial score (nSPS) is 22.8. The lowest BCUT2D eigenvalue weighted by atomic mass is 10.0. The summed E-state index contributed by atoms with van der Waals surface area (Å²) in [6.07, 6.45) is 1.19. The Labute approximate surface area is 105 Å². The van der Waals surface area contributed by atoms with Crippen LogP contribution in [0.3, 0.4) is 0 Å². The molecule has 1 unspecified atom stereocenters. The number of piperazine rings is 1. The smallest absolute Gasteiger partial charge is 0.0263 e. The molecule has 0 amide bonds. The van der Waals surface area contributed by atoms with E-state index in [1.807, 2.05) is 0 Å². The van der Waals surface area contributed by atoms with Gasteiger partial charge in [0, 0.05) is 25.7 Å². The minimum Gasteiger partial charge on any atom is -0.301 e. The molecule has 0 N–H and O–H groups in total. The van der Waals surface area contributed by atoms with Gasteiger partial charge in [-0.1, -0.05) is 44.2 Å². The van der Waals surface area contributed by atoms with Gasteiger partial charge in [0.2, 0.25) is 0 Å². The molecule has 1 fully saturated rings. The van der Waals surface area contributed by atoms with Crippen molar-refractivity contribution in [3.63, 3.8) is 0 Å². The van der Waals surface area contributed by atoms with E-state index in [1.165, 1.54) is 44.7 Å². The average Bonchev–Trinajstić information content (AvgIpc) is 2.40. The molecule has 0 saturated carbocycles. The van der Waals surface area contributed by atoms with Crippen molar-refractivity contribution in [3.05, 3.63) is 35.9 Å². The van der Waals surface area contributed by atoms with E-state index in [0.717, 1.165) is 0 Å². The molecule has 1 aliphatic heterocycles. The van der Waals surface area contributed by atoms with Crippen molar-refractivity contribution < 1.29 is 0 Å². The molecule has 0 radical (unpaired) electrons. The largest absolute Gasteiger partial charge is 0.301 e. The number of benzene rings is 1. The van der Waals surface area contributed by atoms with Gasteiger partial charge in [-0.05, 0) is 25.1 Å². The summed E-state index contributed by atoms with van der Waals surface area (Å²) in [4.78, 5) is 5.19. The van der Waals surface area contributed by atoms with Crippen LogP contribution in [0.2, 0.25) is 0 Å². The monoisotopic (exact) mass is 232 g/mol. The fourth-order valence-corrected chi connectivity index (χ4v) is 2.74. The Kier molecular flexibility index (Phi) is 4.57. The molecule has 1 saturated heterocycles. The molecular formula is C15H24N2. The van der Waals surface area contributed by atoms with E-state index in [-0.39, 0.29) is 0 Å². The highest BCUT2D eigenvalue weighted by molar-refractivity contribution is 5.16. The zero-order chi connectivity index (χ0) is 12.1. The summed E-state index contributed by atoms with van der Waals surface area (Å²) >= 11 is 0. The predicted octanol–water partition coefficient (Wildman–Crippen LogP) is 2.26. The molecule has 0 aromatic heterocycles. The molecule has 1 aromatic rings. The van der Waals surface area contributed by atoms with Gasteiger partial charge in [-0.3, -0.25) is 4.90 Å². The molecule has 1 atom stereocenters. The Bertz CT molecular complexity index is 323. The highest BCUT2D eigenvalue weighted by Crippen LogP contribution is 2.14.